The number of hydrogen-bond acceptors (Lipinski definition) is 4. The van der Waals surface area contributed by atoms with Crippen LogP contribution in [0.4, 0.5) is 0 Å². The van der Waals surface area contributed by atoms with Gasteiger partial charge in [0.25, 0.3) is 5.91 Å². The Morgan fingerprint density at radius 3 is 2.33 bits per heavy atom. The molecular formula is C22H20N2O3. The molecule has 0 aliphatic carbocycles. The highest BCUT2D eigenvalue weighted by Gasteiger charge is 2.12. The molecule has 0 radical (unpaired) electrons. The van der Waals surface area contributed by atoms with Gasteiger partial charge in [-0.2, -0.15) is 5.10 Å². The molecule has 0 aliphatic rings. The molecule has 27 heavy (non-hydrogen) atoms. The van der Waals surface area contributed by atoms with Gasteiger partial charge in [0.2, 0.25) is 0 Å². The lowest BCUT2D eigenvalue weighted by molar-refractivity contribution is 0.0952. The summed E-state index contributed by atoms with van der Waals surface area (Å²) in [4.78, 5) is 12.4. The summed E-state index contributed by atoms with van der Waals surface area (Å²) in [5.74, 6) is 0.985. The molecule has 0 bridgehead atoms. The fourth-order valence-corrected chi connectivity index (χ4v) is 2.63. The first-order valence-corrected chi connectivity index (χ1v) is 8.42. The molecule has 0 heterocycles. The monoisotopic (exact) mass is 360 g/mol. The first-order valence-electron chi connectivity index (χ1n) is 8.42. The van der Waals surface area contributed by atoms with Crippen molar-refractivity contribution in [2.45, 2.75) is 0 Å². The van der Waals surface area contributed by atoms with E-state index in [9.17, 15) is 4.79 Å². The van der Waals surface area contributed by atoms with E-state index in [1.807, 2.05) is 60.7 Å². The molecule has 0 atom stereocenters. The lowest BCUT2D eigenvalue weighted by Gasteiger charge is -2.09. The van der Waals surface area contributed by atoms with Crippen molar-refractivity contribution in [3.05, 3.63) is 77.9 Å². The molecule has 1 N–H and O–H groups in total. The average molecular weight is 360 g/mol. The Bertz CT molecular complexity index is 992. The summed E-state index contributed by atoms with van der Waals surface area (Å²) in [6.45, 7) is 0. The van der Waals surface area contributed by atoms with Crippen LogP contribution in [-0.2, 0) is 0 Å². The highest BCUT2D eigenvalue weighted by molar-refractivity contribution is 6.01. The van der Waals surface area contributed by atoms with Crippen LogP contribution < -0.4 is 14.9 Å². The third-order valence-electron chi connectivity index (χ3n) is 4.04. The van der Waals surface area contributed by atoms with E-state index >= 15 is 0 Å². The molecule has 0 saturated heterocycles. The van der Waals surface area contributed by atoms with Crippen LogP contribution in [0.2, 0.25) is 0 Å². The predicted molar refractivity (Wildman–Crippen MR) is 108 cm³/mol. The molecule has 0 aliphatic heterocycles. The maximum Gasteiger partial charge on any atom is 0.275 e. The number of methoxy groups -OCH3 is 2. The molecule has 5 nitrogen and oxygen atoms in total. The summed E-state index contributed by atoms with van der Waals surface area (Å²) < 4.78 is 10.5. The molecule has 1 amide bonds. The minimum Gasteiger partial charge on any atom is -0.497 e. The van der Waals surface area contributed by atoms with Crippen LogP contribution in [0.1, 0.15) is 15.9 Å². The SMILES string of the molecule is COc1ccc(C=CC=NNC(=O)c2cc3ccccc3cc2OC)cc1. The summed E-state index contributed by atoms with van der Waals surface area (Å²) in [5.41, 5.74) is 3.96. The van der Waals surface area contributed by atoms with Crippen LogP contribution in [0.25, 0.3) is 16.8 Å². The van der Waals surface area contributed by atoms with Gasteiger partial charge in [-0.15, -0.1) is 0 Å². The first kappa shape index (κ1) is 18.2. The number of nitrogens with one attached hydrogen (secondary N) is 1. The molecular weight excluding hydrogens is 340 g/mol. The van der Waals surface area contributed by atoms with E-state index in [4.69, 9.17) is 9.47 Å². The topological polar surface area (TPSA) is 59.9 Å². The van der Waals surface area contributed by atoms with Crippen molar-refractivity contribution in [2.24, 2.45) is 5.10 Å². The van der Waals surface area contributed by atoms with Gasteiger partial charge in [-0.05, 0) is 46.7 Å². The minimum atomic E-state index is -0.327. The van der Waals surface area contributed by atoms with E-state index in [0.29, 0.717) is 11.3 Å². The fourth-order valence-electron chi connectivity index (χ4n) is 2.63. The Balaban J connectivity index is 1.67. The molecule has 0 spiro atoms. The summed E-state index contributed by atoms with van der Waals surface area (Å²) in [6.07, 6.45) is 5.15. The summed E-state index contributed by atoms with van der Waals surface area (Å²) in [6, 6.07) is 19.1. The third-order valence-corrected chi connectivity index (χ3v) is 4.04. The first-order chi connectivity index (χ1) is 13.2. The van der Waals surface area contributed by atoms with Gasteiger partial charge in [-0.25, -0.2) is 5.43 Å². The molecule has 0 saturated carbocycles. The number of fused-ring (bicyclic) bond motifs is 1. The standard InChI is InChI=1S/C22H20N2O3/c1-26-19-11-9-16(10-12-19)6-5-13-23-24-22(25)20-14-17-7-3-4-8-18(17)15-21(20)27-2/h3-15H,1-2H3,(H,24,25). The van der Waals surface area contributed by atoms with Crippen LogP contribution in [0.15, 0.2) is 71.8 Å². The number of rotatable bonds is 6. The molecule has 3 aromatic carbocycles. The molecule has 0 unspecified atom stereocenters. The number of nitrogens with zero attached hydrogens (tertiary/aromatic N) is 1. The van der Waals surface area contributed by atoms with E-state index in [-0.39, 0.29) is 5.91 Å². The van der Waals surface area contributed by atoms with Crippen molar-refractivity contribution >= 4 is 29.0 Å². The van der Waals surface area contributed by atoms with E-state index in [1.165, 1.54) is 6.21 Å². The molecule has 5 heteroatoms. The van der Waals surface area contributed by atoms with Crippen LogP contribution in [0.3, 0.4) is 0 Å². The number of hydrogen-bond donors (Lipinski definition) is 1. The van der Waals surface area contributed by atoms with Gasteiger partial charge < -0.3 is 9.47 Å². The largest absolute Gasteiger partial charge is 0.497 e. The van der Waals surface area contributed by atoms with Crippen molar-refractivity contribution in [1.29, 1.82) is 0 Å². The highest BCUT2D eigenvalue weighted by Crippen LogP contribution is 2.25. The smallest absolute Gasteiger partial charge is 0.275 e. The Hall–Kier alpha value is -3.60. The van der Waals surface area contributed by atoms with Crippen LogP contribution >= 0.6 is 0 Å². The maximum absolute atomic E-state index is 12.4. The van der Waals surface area contributed by atoms with Gasteiger partial charge >= 0.3 is 0 Å². The van der Waals surface area contributed by atoms with Crippen LogP contribution in [0, 0.1) is 0 Å². The second kappa shape index (κ2) is 8.67. The van der Waals surface area contributed by atoms with Gasteiger partial charge in [-0.1, -0.05) is 42.5 Å². The van der Waals surface area contributed by atoms with Crippen molar-refractivity contribution in [2.75, 3.05) is 14.2 Å². The van der Waals surface area contributed by atoms with Crippen molar-refractivity contribution in [3.8, 4) is 11.5 Å². The number of hydrazone groups is 1. The summed E-state index contributed by atoms with van der Waals surface area (Å²) in [7, 11) is 3.17. The lowest BCUT2D eigenvalue weighted by atomic mass is 10.1. The molecule has 3 rings (SSSR count). The lowest BCUT2D eigenvalue weighted by Crippen LogP contribution is -2.18. The Morgan fingerprint density at radius 1 is 0.963 bits per heavy atom. The number of carbonyl (C=O) groups is 1. The Kier molecular flexibility index (Phi) is 5.84. The fraction of sp³-hybridized carbons (Fsp3) is 0.0909. The second-order valence-corrected chi connectivity index (χ2v) is 5.75. The average Bonchev–Trinajstić information content (AvgIpc) is 2.72. The molecule has 136 valence electrons. The van der Waals surface area contributed by atoms with E-state index in [1.54, 1.807) is 26.4 Å². The van der Waals surface area contributed by atoms with E-state index in [2.05, 4.69) is 10.5 Å². The van der Waals surface area contributed by atoms with Gasteiger partial charge in [0, 0.05) is 6.21 Å². The zero-order chi connectivity index (χ0) is 19.1. The highest BCUT2D eigenvalue weighted by atomic mass is 16.5. The van der Waals surface area contributed by atoms with Crippen LogP contribution in [0.5, 0.6) is 11.5 Å². The maximum atomic E-state index is 12.4. The van der Waals surface area contributed by atoms with E-state index in [0.717, 1.165) is 22.1 Å². The van der Waals surface area contributed by atoms with Crippen molar-refractivity contribution < 1.29 is 14.3 Å². The summed E-state index contributed by atoms with van der Waals surface area (Å²) >= 11 is 0. The Morgan fingerprint density at radius 2 is 1.67 bits per heavy atom. The molecule has 0 aromatic heterocycles. The second-order valence-electron chi connectivity index (χ2n) is 5.75. The predicted octanol–water partition coefficient (Wildman–Crippen LogP) is 4.29. The van der Waals surface area contributed by atoms with Gasteiger partial charge in [0.15, 0.2) is 0 Å². The van der Waals surface area contributed by atoms with Gasteiger partial charge in [-0.3, -0.25) is 4.79 Å². The zero-order valence-corrected chi connectivity index (χ0v) is 15.2. The number of carbonyl (C=O) groups excluding carboxylic acids is 1. The summed E-state index contributed by atoms with van der Waals surface area (Å²) in [5, 5.41) is 5.94. The van der Waals surface area contributed by atoms with Gasteiger partial charge in [0.1, 0.15) is 11.5 Å². The Labute approximate surface area is 157 Å². The normalized spacial score (nSPS) is 11.2. The van der Waals surface area contributed by atoms with Crippen LogP contribution in [-0.4, -0.2) is 26.3 Å². The third kappa shape index (κ3) is 4.52. The quantitative estimate of drug-likeness (QED) is 0.527. The minimum absolute atomic E-state index is 0.327. The van der Waals surface area contributed by atoms with Crippen molar-refractivity contribution in [3.63, 3.8) is 0 Å². The molecule has 3 aromatic rings. The number of benzene rings is 3. The van der Waals surface area contributed by atoms with Crippen molar-refractivity contribution in [1.82, 2.24) is 5.43 Å². The van der Waals surface area contributed by atoms with Gasteiger partial charge in [0.05, 0.1) is 19.8 Å². The number of amides is 1. The number of allylic oxidation sites excluding steroid dienone is 1. The molecule has 0 fully saturated rings. The zero-order valence-electron chi connectivity index (χ0n) is 15.2. The van der Waals surface area contributed by atoms with E-state index < -0.39 is 0 Å². The number of ether oxygens (including phenoxy) is 2.